The van der Waals surface area contributed by atoms with Crippen molar-refractivity contribution in [3.63, 3.8) is 0 Å². The molecule has 0 radical (unpaired) electrons. The molecule has 4 heterocycles. The molecule has 0 aliphatic carbocycles. The van der Waals surface area contributed by atoms with Crippen LogP contribution in [0.1, 0.15) is 62.1 Å². The van der Waals surface area contributed by atoms with Gasteiger partial charge in [-0.3, -0.25) is 14.0 Å². The van der Waals surface area contributed by atoms with E-state index in [1.54, 1.807) is 11.3 Å². The van der Waals surface area contributed by atoms with Gasteiger partial charge < -0.3 is 10.2 Å². The summed E-state index contributed by atoms with van der Waals surface area (Å²) in [5, 5.41) is 5.87. The highest BCUT2D eigenvalue weighted by Crippen LogP contribution is 2.33. The lowest BCUT2D eigenvalue weighted by Crippen LogP contribution is -2.49. The number of carbonyl (C=O) groups excluding carboxylic acids is 2. The summed E-state index contributed by atoms with van der Waals surface area (Å²) < 4.78 is 1.83. The van der Waals surface area contributed by atoms with Crippen molar-refractivity contribution in [2.24, 2.45) is 0 Å². The summed E-state index contributed by atoms with van der Waals surface area (Å²) in [6.07, 6.45) is 4.71. The standard InChI is InChI=1S/C26H29N5O2S2/c1-15-8-9-19(13-16(15)2)23-21(29-18(4)35-23)25(33)30-10-6-5-7-20(30)14-27-24(32)22-17(3)28-26-31(22)11-12-34-26/h8-9,11-13,20H,5-7,10,14H2,1-4H3,(H,27,32)/t20-/m0/s1. The Kier molecular flexibility index (Phi) is 6.46. The number of amides is 2. The normalized spacial score (nSPS) is 16.1. The molecule has 2 amide bonds. The molecule has 1 aromatic carbocycles. The van der Waals surface area contributed by atoms with Crippen LogP contribution in [-0.2, 0) is 0 Å². The number of rotatable bonds is 5. The van der Waals surface area contributed by atoms with Crippen LogP contribution in [0.5, 0.6) is 0 Å². The second kappa shape index (κ2) is 9.54. The van der Waals surface area contributed by atoms with E-state index in [0.29, 0.717) is 30.2 Å². The largest absolute Gasteiger partial charge is 0.349 e. The predicted molar refractivity (Wildman–Crippen MR) is 141 cm³/mol. The van der Waals surface area contributed by atoms with Crippen molar-refractivity contribution < 1.29 is 9.59 Å². The van der Waals surface area contributed by atoms with Crippen LogP contribution in [0.25, 0.3) is 15.4 Å². The Morgan fingerprint density at radius 3 is 2.74 bits per heavy atom. The first-order chi connectivity index (χ1) is 16.8. The first kappa shape index (κ1) is 23.7. The average Bonchev–Trinajstić information content (AvgIpc) is 3.53. The summed E-state index contributed by atoms with van der Waals surface area (Å²) in [7, 11) is 0. The van der Waals surface area contributed by atoms with Crippen LogP contribution in [0.3, 0.4) is 0 Å². The summed E-state index contributed by atoms with van der Waals surface area (Å²) in [6.45, 7) is 9.05. The second-order valence-electron chi connectivity index (χ2n) is 9.17. The Hall–Kier alpha value is -3.04. The van der Waals surface area contributed by atoms with Gasteiger partial charge in [0.25, 0.3) is 11.8 Å². The maximum Gasteiger partial charge on any atom is 0.274 e. The highest BCUT2D eigenvalue weighted by molar-refractivity contribution is 7.15. The lowest BCUT2D eigenvalue weighted by molar-refractivity contribution is 0.0597. The molecule has 7 nitrogen and oxygen atoms in total. The molecule has 1 fully saturated rings. The third kappa shape index (κ3) is 4.50. The summed E-state index contributed by atoms with van der Waals surface area (Å²) in [5.74, 6) is -0.214. The summed E-state index contributed by atoms with van der Waals surface area (Å²) >= 11 is 3.06. The molecule has 0 spiro atoms. The Balaban J connectivity index is 1.37. The SMILES string of the molecule is Cc1nc(C(=O)N2CCCC[C@H]2CNC(=O)c2c(C)nc3sccn23)c(-c2ccc(C)c(C)c2)s1. The van der Waals surface area contributed by atoms with Gasteiger partial charge >= 0.3 is 0 Å². The van der Waals surface area contributed by atoms with E-state index >= 15 is 0 Å². The van der Waals surface area contributed by atoms with Crippen LogP contribution in [0.15, 0.2) is 29.8 Å². The van der Waals surface area contributed by atoms with Gasteiger partial charge in [-0.05, 0) is 63.6 Å². The summed E-state index contributed by atoms with van der Waals surface area (Å²) in [5.41, 5.74) is 5.23. The maximum absolute atomic E-state index is 13.8. The summed E-state index contributed by atoms with van der Waals surface area (Å²) in [6, 6.07) is 6.22. The van der Waals surface area contributed by atoms with E-state index in [-0.39, 0.29) is 17.9 Å². The van der Waals surface area contributed by atoms with Crippen molar-refractivity contribution in [1.29, 1.82) is 0 Å². The summed E-state index contributed by atoms with van der Waals surface area (Å²) in [4.78, 5) is 39.6. The van der Waals surface area contributed by atoms with Crippen LogP contribution in [-0.4, -0.2) is 50.2 Å². The molecule has 3 aromatic heterocycles. The molecule has 9 heteroatoms. The van der Waals surface area contributed by atoms with Gasteiger partial charge in [-0.25, -0.2) is 9.97 Å². The smallest absolute Gasteiger partial charge is 0.274 e. The topological polar surface area (TPSA) is 79.6 Å². The number of aryl methyl sites for hydroxylation is 4. The first-order valence-electron chi connectivity index (χ1n) is 11.9. The van der Waals surface area contributed by atoms with Gasteiger partial charge in [0.2, 0.25) is 0 Å². The fourth-order valence-electron chi connectivity index (χ4n) is 4.73. The molecule has 1 saturated heterocycles. The Morgan fingerprint density at radius 2 is 1.94 bits per heavy atom. The quantitative estimate of drug-likeness (QED) is 0.404. The maximum atomic E-state index is 13.8. The number of nitrogens with one attached hydrogen (secondary N) is 1. The van der Waals surface area contributed by atoms with Crippen molar-refractivity contribution in [2.75, 3.05) is 13.1 Å². The molecular weight excluding hydrogens is 478 g/mol. The molecule has 1 aliphatic heterocycles. The number of likely N-dealkylation sites (tertiary alicyclic amines) is 1. The van der Waals surface area contributed by atoms with E-state index in [9.17, 15) is 9.59 Å². The molecule has 35 heavy (non-hydrogen) atoms. The van der Waals surface area contributed by atoms with E-state index in [0.717, 1.165) is 39.7 Å². The highest BCUT2D eigenvalue weighted by Gasteiger charge is 2.31. The molecule has 5 rings (SSSR count). The van der Waals surface area contributed by atoms with Gasteiger partial charge in [0.05, 0.1) is 15.6 Å². The van der Waals surface area contributed by atoms with Crippen molar-refractivity contribution >= 4 is 39.4 Å². The zero-order chi connectivity index (χ0) is 24.7. The molecule has 0 bridgehead atoms. The minimum absolute atomic E-state index is 0.0534. The number of thiazole rings is 2. The van der Waals surface area contributed by atoms with E-state index in [2.05, 4.69) is 47.3 Å². The minimum atomic E-state index is -0.160. The van der Waals surface area contributed by atoms with Gasteiger partial charge in [-0.2, -0.15) is 0 Å². The second-order valence-corrected chi connectivity index (χ2v) is 11.2. The molecule has 0 unspecified atom stereocenters. The van der Waals surface area contributed by atoms with Crippen LogP contribution in [0.2, 0.25) is 0 Å². The molecule has 4 aromatic rings. The van der Waals surface area contributed by atoms with Crippen LogP contribution >= 0.6 is 22.7 Å². The van der Waals surface area contributed by atoms with Crippen molar-refractivity contribution in [2.45, 2.75) is 53.0 Å². The fraction of sp³-hybridized carbons (Fsp3) is 0.385. The number of carbonyl (C=O) groups is 2. The number of aromatic nitrogens is 3. The van der Waals surface area contributed by atoms with Gasteiger partial charge in [0.1, 0.15) is 11.4 Å². The van der Waals surface area contributed by atoms with Crippen molar-refractivity contribution in [3.05, 3.63) is 63.0 Å². The number of benzene rings is 1. The van der Waals surface area contributed by atoms with E-state index < -0.39 is 0 Å². The van der Waals surface area contributed by atoms with E-state index in [1.165, 1.54) is 22.5 Å². The van der Waals surface area contributed by atoms with Crippen LogP contribution < -0.4 is 5.32 Å². The number of hydrogen-bond donors (Lipinski definition) is 1. The molecule has 0 saturated carbocycles. The number of nitrogens with zero attached hydrogens (tertiary/aromatic N) is 4. The molecular formula is C26H29N5O2S2. The number of hydrogen-bond acceptors (Lipinski definition) is 6. The Morgan fingerprint density at radius 1 is 1.11 bits per heavy atom. The molecule has 1 atom stereocenters. The van der Waals surface area contributed by atoms with Gasteiger partial charge in [-0.15, -0.1) is 22.7 Å². The minimum Gasteiger partial charge on any atom is -0.349 e. The lowest BCUT2D eigenvalue weighted by atomic mass is 10.0. The Bertz CT molecular complexity index is 1420. The van der Waals surface area contributed by atoms with Crippen LogP contribution in [0.4, 0.5) is 0 Å². The molecule has 1 aliphatic rings. The van der Waals surface area contributed by atoms with Gasteiger partial charge in [0.15, 0.2) is 4.96 Å². The van der Waals surface area contributed by atoms with Crippen molar-refractivity contribution in [1.82, 2.24) is 24.6 Å². The average molecular weight is 508 g/mol. The van der Waals surface area contributed by atoms with Gasteiger partial charge in [0, 0.05) is 30.7 Å². The zero-order valence-corrected chi connectivity index (χ0v) is 22.1. The Labute approximate surface area is 212 Å². The number of imidazole rings is 1. The van der Waals surface area contributed by atoms with E-state index in [1.807, 2.05) is 34.7 Å². The zero-order valence-electron chi connectivity index (χ0n) is 20.4. The number of fused-ring (bicyclic) bond motifs is 1. The third-order valence-electron chi connectivity index (χ3n) is 6.74. The highest BCUT2D eigenvalue weighted by atomic mass is 32.1. The monoisotopic (exact) mass is 507 g/mol. The fourth-order valence-corrected chi connectivity index (χ4v) is 6.39. The predicted octanol–water partition coefficient (Wildman–Crippen LogP) is 5.18. The lowest BCUT2D eigenvalue weighted by Gasteiger charge is -2.35. The first-order valence-corrected chi connectivity index (χ1v) is 13.6. The van der Waals surface area contributed by atoms with Gasteiger partial charge in [-0.1, -0.05) is 18.2 Å². The van der Waals surface area contributed by atoms with Crippen molar-refractivity contribution in [3.8, 4) is 10.4 Å². The third-order valence-corrected chi connectivity index (χ3v) is 8.52. The molecule has 182 valence electrons. The molecule has 1 N–H and O–H groups in total. The van der Waals surface area contributed by atoms with E-state index in [4.69, 9.17) is 0 Å². The number of piperidine rings is 1. The van der Waals surface area contributed by atoms with Crippen LogP contribution in [0, 0.1) is 27.7 Å².